The Labute approximate surface area is 453 Å². The van der Waals surface area contributed by atoms with E-state index in [0.717, 1.165) is 65.9 Å². The van der Waals surface area contributed by atoms with E-state index in [1.807, 2.05) is 0 Å². The quantitative estimate of drug-likeness (QED) is 0.0361. The van der Waals surface area contributed by atoms with E-state index in [4.69, 9.17) is 18.9 Å². The van der Waals surface area contributed by atoms with Crippen molar-refractivity contribution in [2.75, 3.05) is 109 Å². The van der Waals surface area contributed by atoms with Crippen molar-refractivity contribution in [2.45, 2.75) is 126 Å². The van der Waals surface area contributed by atoms with Gasteiger partial charge in [-0.25, -0.2) is 0 Å². The molecule has 0 radical (unpaired) electrons. The van der Waals surface area contributed by atoms with Crippen LogP contribution in [0.3, 0.4) is 0 Å². The highest BCUT2D eigenvalue weighted by Crippen LogP contribution is 2.38. The molecule has 0 unspecified atom stereocenters. The van der Waals surface area contributed by atoms with Crippen LogP contribution in [0.4, 0.5) is 22.7 Å². The Balaban J connectivity index is 1.56. The predicted molar refractivity (Wildman–Crippen MR) is 339 cm³/mol. The van der Waals surface area contributed by atoms with Crippen LogP contribution in [0.15, 0.2) is 97.1 Å². The van der Waals surface area contributed by atoms with Gasteiger partial charge in [0, 0.05) is 24.3 Å². The van der Waals surface area contributed by atoms with Crippen LogP contribution in [-0.4, -0.2) is 150 Å². The van der Waals surface area contributed by atoms with Crippen LogP contribution in [0.1, 0.15) is 25.7 Å². The van der Waals surface area contributed by atoms with Crippen molar-refractivity contribution in [3.8, 4) is 23.0 Å². The first kappa shape index (κ1) is 62.5. The Hall–Kier alpha value is -3.00. The van der Waals surface area contributed by atoms with Crippen molar-refractivity contribution in [1.82, 2.24) is 17.9 Å². The molecule has 0 aliphatic carbocycles. The van der Waals surface area contributed by atoms with Crippen LogP contribution in [0.25, 0.3) is 0 Å². The fourth-order valence-corrected chi connectivity index (χ4v) is 23.8. The molecular formula is C60H108N4O4Si5+4. The summed E-state index contributed by atoms with van der Waals surface area (Å²) in [7, 11) is 18.4. The van der Waals surface area contributed by atoms with Crippen molar-refractivity contribution in [1.29, 1.82) is 0 Å². The van der Waals surface area contributed by atoms with Gasteiger partial charge in [-0.15, -0.1) is 0 Å². The monoisotopic (exact) mass is 1090 g/mol. The van der Waals surface area contributed by atoms with E-state index < -0.39 is 40.4 Å². The van der Waals surface area contributed by atoms with Crippen LogP contribution >= 0.6 is 0 Å². The van der Waals surface area contributed by atoms with Gasteiger partial charge < -0.3 is 18.9 Å². The second kappa shape index (κ2) is 25.9. The summed E-state index contributed by atoms with van der Waals surface area (Å²) in [5, 5.41) is 0. The topological polar surface area (TPSA) is 36.9 Å². The predicted octanol–water partition coefficient (Wildman–Crippen LogP) is 15.1. The Kier molecular flexibility index (Phi) is 22.2. The van der Waals surface area contributed by atoms with Gasteiger partial charge in [0.2, 0.25) is 0 Å². The third-order valence-corrected chi connectivity index (χ3v) is 31.3. The largest absolute Gasteiger partial charge is 0.497 e. The Morgan fingerprint density at radius 2 is 0.479 bits per heavy atom. The lowest BCUT2D eigenvalue weighted by molar-refractivity contribution is 0.374. The van der Waals surface area contributed by atoms with E-state index in [1.54, 1.807) is 0 Å². The van der Waals surface area contributed by atoms with E-state index in [9.17, 15) is 0 Å². The average molecular weight is 1090 g/mol. The van der Waals surface area contributed by atoms with Crippen LogP contribution in [0.5, 0.6) is 23.0 Å². The second-order valence-corrected chi connectivity index (χ2v) is 54.2. The standard InChI is InChI=1S/C60H108N4O4Si5/c1-61(2,3)53-29-21-33-57(45-53)65-49-69(13,14)37-25-41-73(42-26-38-70(15,16)50-66-58-34-22-30-54(46-58)62(4,5)6,43-27-39-71(17,18)51-67-59-35-23-31-55(47-59)63(7,8)9)44-28-40-72(19,20)52-68-60-36-24-32-56(48-60)64(10,11)12/h21-24,29-36,45-48H,25-28,37-44,49-52H2,1-20H3/q+4. The second-order valence-electron chi connectivity index (χ2n) is 28.8. The van der Waals surface area contributed by atoms with E-state index in [1.165, 1.54) is 96.8 Å². The minimum absolute atomic E-state index is 0.789. The molecule has 8 nitrogen and oxygen atoms in total. The van der Waals surface area contributed by atoms with Crippen molar-refractivity contribution >= 4 is 63.1 Å². The van der Waals surface area contributed by atoms with Crippen molar-refractivity contribution in [3.05, 3.63) is 97.1 Å². The Bertz CT molecular complexity index is 1990. The normalized spacial score (nSPS) is 13.5. The summed E-state index contributed by atoms with van der Waals surface area (Å²) in [5.41, 5.74) is 5.11. The van der Waals surface area contributed by atoms with Gasteiger partial charge in [0.1, 0.15) is 45.7 Å². The lowest BCUT2D eigenvalue weighted by atomic mass is 10.2. The van der Waals surface area contributed by atoms with E-state index in [0.29, 0.717) is 0 Å². The molecule has 0 bridgehead atoms. The van der Waals surface area contributed by atoms with Gasteiger partial charge >= 0.3 is 0 Å². The molecule has 0 saturated carbocycles. The number of quaternary nitrogens is 4. The zero-order valence-corrected chi connectivity index (χ0v) is 55.5. The summed E-state index contributed by atoms with van der Waals surface area (Å²) in [6, 6.07) is 46.1. The Morgan fingerprint density at radius 1 is 0.288 bits per heavy atom. The molecule has 0 aliphatic rings. The SMILES string of the molecule is C[N+](C)(C)c1cccc(OC[Si](C)(C)CCC[Si](CCC[Si](C)(C)COc2cccc([N+](C)(C)C)c2)(CCC[Si](C)(C)COc2cccc([N+](C)(C)C)c2)CCC[Si](C)(C)COc2cccc([N+](C)(C)C)c2)c1. The molecule has 4 aromatic carbocycles. The van der Waals surface area contributed by atoms with Gasteiger partial charge in [0.25, 0.3) is 0 Å². The summed E-state index contributed by atoms with van der Waals surface area (Å²) in [6.45, 7) is 20.5. The average Bonchev–Trinajstić information content (AvgIpc) is 3.28. The smallest absolute Gasteiger partial charge is 0.135 e. The fraction of sp³-hybridized carbons (Fsp3) is 0.600. The molecule has 0 saturated heterocycles. The molecule has 0 aromatic heterocycles. The molecule has 0 aliphatic heterocycles. The van der Waals surface area contributed by atoms with Crippen molar-refractivity contribution in [2.24, 2.45) is 0 Å². The molecule has 0 fully saturated rings. The van der Waals surface area contributed by atoms with Crippen LogP contribution in [-0.2, 0) is 0 Å². The van der Waals surface area contributed by atoms with Gasteiger partial charge in [0.15, 0.2) is 0 Å². The highest BCUT2D eigenvalue weighted by atomic mass is 28.3. The molecule has 0 atom stereocenters. The van der Waals surface area contributed by atoms with E-state index in [2.05, 4.69) is 234 Å². The molecule has 0 spiro atoms. The molecule has 0 amide bonds. The maximum atomic E-state index is 6.67. The fourth-order valence-electron chi connectivity index (χ4n) is 9.88. The molecule has 408 valence electrons. The molecule has 13 heteroatoms. The maximum absolute atomic E-state index is 6.67. The first-order chi connectivity index (χ1) is 33.6. The third-order valence-electron chi connectivity index (χ3n) is 15.1. The van der Waals surface area contributed by atoms with Crippen molar-refractivity contribution in [3.63, 3.8) is 0 Å². The first-order valence-electron chi connectivity index (χ1n) is 27.8. The van der Waals surface area contributed by atoms with Gasteiger partial charge in [0.05, 0.1) is 150 Å². The highest BCUT2D eigenvalue weighted by Gasteiger charge is 2.36. The summed E-state index contributed by atoms with van der Waals surface area (Å²) in [4.78, 5) is 0. The molecule has 73 heavy (non-hydrogen) atoms. The number of benzene rings is 4. The van der Waals surface area contributed by atoms with Gasteiger partial charge in [-0.2, -0.15) is 0 Å². The van der Waals surface area contributed by atoms with Gasteiger partial charge in [-0.1, -0.05) is 151 Å². The number of hydrogen-bond donors (Lipinski definition) is 0. The van der Waals surface area contributed by atoms with Crippen molar-refractivity contribution < 1.29 is 18.9 Å². The number of nitrogens with zero attached hydrogens (tertiary/aromatic N) is 4. The van der Waals surface area contributed by atoms with Crippen LogP contribution < -0.4 is 36.9 Å². The summed E-state index contributed by atoms with van der Waals surface area (Å²) in [5.74, 6) is 4.06. The lowest BCUT2D eigenvalue weighted by Crippen LogP contribution is -2.40. The zero-order valence-electron chi connectivity index (χ0n) is 50.5. The number of hydrogen-bond acceptors (Lipinski definition) is 4. The van der Waals surface area contributed by atoms with Gasteiger partial charge in [-0.3, -0.25) is 17.9 Å². The molecule has 0 N–H and O–H groups in total. The van der Waals surface area contributed by atoms with E-state index in [-0.39, 0.29) is 0 Å². The Morgan fingerprint density at radius 3 is 0.658 bits per heavy atom. The summed E-state index contributed by atoms with van der Waals surface area (Å²) < 4.78 is 29.8. The minimum Gasteiger partial charge on any atom is -0.497 e. The first-order valence-corrected chi connectivity index (χ1v) is 44.2. The van der Waals surface area contributed by atoms with E-state index >= 15 is 0 Å². The number of rotatable bonds is 32. The summed E-state index contributed by atoms with van der Waals surface area (Å²) in [6.07, 6.45) is 8.81. The molecule has 4 rings (SSSR count). The summed E-state index contributed by atoms with van der Waals surface area (Å²) >= 11 is 0. The maximum Gasteiger partial charge on any atom is 0.135 e. The molecule has 4 aromatic rings. The van der Waals surface area contributed by atoms with Gasteiger partial charge in [-0.05, 0) is 48.5 Å². The molecule has 0 heterocycles. The van der Waals surface area contributed by atoms with Crippen LogP contribution in [0.2, 0.25) is 101 Å². The minimum atomic E-state index is -1.74. The van der Waals surface area contributed by atoms with Crippen LogP contribution in [0, 0.1) is 0 Å². The third kappa shape index (κ3) is 22.6. The molecular weight excluding hydrogens is 981 g/mol. The highest BCUT2D eigenvalue weighted by molar-refractivity contribution is 6.82. The lowest BCUT2D eigenvalue weighted by Gasteiger charge is -2.36. The zero-order chi connectivity index (χ0) is 54.6. The number of ether oxygens (including phenoxy) is 4.